The Bertz CT molecular complexity index is 578. The molecule has 4 heteroatoms. The van der Waals surface area contributed by atoms with Gasteiger partial charge in [0, 0.05) is 13.6 Å². The Morgan fingerprint density at radius 2 is 2.06 bits per heavy atom. The molecule has 1 heterocycles. The van der Waals surface area contributed by atoms with Crippen LogP contribution in [0.15, 0.2) is 23.0 Å². The molecule has 0 fully saturated rings. The average Bonchev–Trinajstić information content (AvgIpc) is 2.43. The van der Waals surface area contributed by atoms with Crippen LogP contribution >= 0.6 is 0 Å². The van der Waals surface area contributed by atoms with Crippen LogP contribution in [0.3, 0.4) is 0 Å². The van der Waals surface area contributed by atoms with Crippen LogP contribution in [-0.4, -0.2) is 14.5 Å². The van der Waals surface area contributed by atoms with E-state index in [0.29, 0.717) is 17.8 Å². The van der Waals surface area contributed by atoms with E-state index in [1.807, 2.05) is 11.7 Å². The van der Waals surface area contributed by atoms with Crippen LogP contribution in [0.1, 0.15) is 13.8 Å². The van der Waals surface area contributed by atoms with Crippen LogP contribution < -0.4 is 5.56 Å². The number of rotatable bonds is 2. The number of hydrogen-bond acceptors (Lipinski definition) is 2. The van der Waals surface area contributed by atoms with Crippen molar-refractivity contribution in [3.63, 3.8) is 0 Å². The maximum atomic E-state index is 12.1. The molecule has 0 saturated carbocycles. The summed E-state index contributed by atoms with van der Waals surface area (Å²) < 4.78 is 3.55. The van der Waals surface area contributed by atoms with E-state index in [-0.39, 0.29) is 11.3 Å². The molecule has 0 saturated heterocycles. The molecule has 1 aromatic heterocycles. The molecular formula is C12H16N2O2. The molecule has 16 heavy (non-hydrogen) atoms. The van der Waals surface area contributed by atoms with Crippen LogP contribution in [0.2, 0.25) is 0 Å². The third kappa shape index (κ3) is 1.60. The normalized spacial score (nSPS) is 11.5. The number of aromatic nitrogens is 2. The van der Waals surface area contributed by atoms with Crippen molar-refractivity contribution in [3.8, 4) is 5.75 Å². The summed E-state index contributed by atoms with van der Waals surface area (Å²) in [6.45, 7) is 4.83. The first-order valence-corrected chi connectivity index (χ1v) is 5.39. The van der Waals surface area contributed by atoms with Crippen molar-refractivity contribution in [3.05, 3.63) is 28.6 Å². The lowest BCUT2D eigenvalue weighted by Gasteiger charge is -2.09. The molecule has 1 aromatic carbocycles. The number of phenolic OH excluding ortho intramolecular Hbond substituents is 1. The lowest BCUT2D eigenvalue weighted by atomic mass is 10.2. The smallest absolute Gasteiger partial charge is 0.274 e. The predicted molar refractivity (Wildman–Crippen MR) is 63.7 cm³/mol. The zero-order valence-electron chi connectivity index (χ0n) is 9.77. The Balaban J connectivity index is 2.72. The molecule has 2 aromatic rings. The molecule has 0 atom stereocenters. The third-order valence-electron chi connectivity index (χ3n) is 2.69. The van der Waals surface area contributed by atoms with Gasteiger partial charge in [-0.2, -0.15) is 0 Å². The second-order valence-corrected chi connectivity index (χ2v) is 4.51. The summed E-state index contributed by atoms with van der Waals surface area (Å²) in [7, 11) is 1.86. The number of fused-ring (bicyclic) bond motifs is 1. The van der Waals surface area contributed by atoms with Crippen LogP contribution in [-0.2, 0) is 13.6 Å². The van der Waals surface area contributed by atoms with Crippen LogP contribution in [0, 0.1) is 5.92 Å². The van der Waals surface area contributed by atoms with Gasteiger partial charge in [0.1, 0.15) is 5.75 Å². The molecule has 0 aliphatic heterocycles. The molecule has 86 valence electrons. The molecule has 0 aliphatic carbocycles. The summed E-state index contributed by atoms with van der Waals surface area (Å²) in [6, 6.07) is 4.89. The van der Waals surface area contributed by atoms with Gasteiger partial charge in [0.25, 0.3) is 5.56 Å². The van der Waals surface area contributed by atoms with Gasteiger partial charge in [0.2, 0.25) is 0 Å². The van der Waals surface area contributed by atoms with E-state index < -0.39 is 0 Å². The Hall–Kier alpha value is -1.71. The minimum Gasteiger partial charge on any atom is -0.508 e. The Morgan fingerprint density at radius 3 is 2.69 bits per heavy atom. The van der Waals surface area contributed by atoms with Crippen molar-refractivity contribution in [2.75, 3.05) is 0 Å². The SMILES string of the molecule is CC(C)Cn1c(=O)c2cc(O)ccc2n1C. The highest BCUT2D eigenvalue weighted by Gasteiger charge is 2.11. The number of phenols is 1. The average molecular weight is 220 g/mol. The summed E-state index contributed by atoms with van der Waals surface area (Å²) in [5, 5.41) is 9.95. The van der Waals surface area contributed by atoms with Gasteiger partial charge in [-0.1, -0.05) is 13.8 Å². The molecule has 0 spiro atoms. The summed E-state index contributed by atoms with van der Waals surface area (Å²) in [6.07, 6.45) is 0. The van der Waals surface area contributed by atoms with Gasteiger partial charge in [0.05, 0.1) is 10.9 Å². The highest BCUT2D eigenvalue weighted by Crippen LogP contribution is 2.17. The quantitative estimate of drug-likeness (QED) is 0.837. The topological polar surface area (TPSA) is 47.2 Å². The van der Waals surface area contributed by atoms with Gasteiger partial charge >= 0.3 is 0 Å². The maximum Gasteiger partial charge on any atom is 0.274 e. The van der Waals surface area contributed by atoms with Crippen molar-refractivity contribution in [2.24, 2.45) is 13.0 Å². The molecule has 0 bridgehead atoms. The molecule has 0 aliphatic rings. The number of nitrogens with zero attached hydrogens (tertiary/aromatic N) is 2. The zero-order chi connectivity index (χ0) is 11.9. The third-order valence-corrected chi connectivity index (χ3v) is 2.69. The van der Waals surface area contributed by atoms with Gasteiger partial charge in [-0.3, -0.25) is 9.48 Å². The molecule has 0 radical (unpaired) electrons. The maximum absolute atomic E-state index is 12.1. The molecule has 4 nitrogen and oxygen atoms in total. The van der Waals surface area contributed by atoms with Crippen molar-refractivity contribution in [1.82, 2.24) is 9.36 Å². The second kappa shape index (κ2) is 3.70. The molecule has 1 N–H and O–H groups in total. The predicted octanol–water partition coefficient (Wildman–Crippen LogP) is 1.70. The molecule has 2 rings (SSSR count). The van der Waals surface area contributed by atoms with Gasteiger partial charge in [-0.15, -0.1) is 0 Å². The summed E-state index contributed by atoms with van der Waals surface area (Å²) in [5.74, 6) is 0.543. The fourth-order valence-corrected chi connectivity index (χ4v) is 1.93. The summed E-state index contributed by atoms with van der Waals surface area (Å²) >= 11 is 0. The summed E-state index contributed by atoms with van der Waals surface area (Å²) in [5.41, 5.74) is 0.811. The van der Waals surface area contributed by atoms with Gasteiger partial charge < -0.3 is 5.11 Å². The number of aromatic hydroxyl groups is 1. The fraction of sp³-hybridized carbons (Fsp3) is 0.417. The van der Waals surface area contributed by atoms with E-state index >= 15 is 0 Å². The van der Waals surface area contributed by atoms with E-state index in [1.165, 1.54) is 6.07 Å². The van der Waals surface area contributed by atoms with Crippen LogP contribution in [0.25, 0.3) is 10.9 Å². The number of benzene rings is 1. The van der Waals surface area contributed by atoms with Crippen LogP contribution in [0.4, 0.5) is 0 Å². The largest absolute Gasteiger partial charge is 0.508 e. The van der Waals surface area contributed by atoms with E-state index in [0.717, 1.165) is 5.52 Å². The van der Waals surface area contributed by atoms with Crippen molar-refractivity contribution in [2.45, 2.75) is 20.4 Å². The summed E-state index contributed by atoms with van der Waals surface area (Å²) in [4.78, 5) is 12.1. The second-order valence-electron chi connectivity index (χ2n) is 4.51. The van der Waals surface area contributed by atoms with E-state index in [4.69, 9.17) is 0 Å². The van der Waals surface area contributed by atoms with Crippen LogP contribution in [0.5, 0.6) is 5.75 Å². The first-order valence-electron chi connectivity index (χ1n) is 5.39. The highest BCUT2D eigenvalue weighted by atomic mass is 16.3. The minimum atomic E-state index is -0.0397. The van der Waals surface area contributed by atoms with Crippen molar-refractivity contribution >= 4 is 10.9 Å². The van der Waals surface area contributed by atoms with Gasteiger partial charge in [-0.05, 0) is 24.1 Å². The van der Waals surface area contributed by atoms with Crippen molar-refractivity contribution in [1.29, 1.82) is 0 Å². The Morgan fingerprint density at radius 1 is 1.38 bits per heavy atom. The lowest BCUT2D eigenvalue weighted by Crippen LogP contribution is -2.23. The Kier molecular flexibility index (Phi) is 2.50. The Labute approximate surface area is 93.7 Å². The molecule has 0 amide bonds. The first kappa shape index (κ1) is 10.8. The standard InChI is InChI=1S/C12H16N2O2/c1-8(2)7-14-12(16)10-6-9(15)4-5-11(10)13(14)3/h4-6,8,15H,7H2,1-3H3. The first-order chi connectivity index (χ1) is 7.50. The van der Waals surface area contributed by atoms with E-state index in [9.17, 15) is 9.90 Å². The molecule has 0 unspecified atom stereocenters. The van der Waals surface area contributed by atoms with Gasteiger partial charge in [0.15, 0.2) is 0 Å². The monoisotopic (exact) mass is 220 g/mol. The number of aryl methyl sites for hydroxylation is 1. The molecular weight excluding hydrogens is 204 g/mol. The van der Waals surface area contributed by atoms with E-state index in [1.54, 1.807) is 16.8 Å². The number of hydrogen-bond donors (Lipinski definition) is 1. The van der Waals surface area contributed by atoms with Crippen molar-refractivity contribution < 1.29 is 5.11 Å². The van der Waals surface area contributed by atoms with E-state index in [2.05, 4.69) is 13.8 Å². The highest BCUT2D eigenvalue weighted by molar-refractivity contribution is 5.80. The fourth-order valence-electron chi connectivity index (χ4n) is 1.93. The lowest BCUT2D eigenvalue weighted by molar-refractivity contribution is 0.424. The zero-order valence-corrected chi connectivity index (χ0v) is 9.77. The minimum absolute atomic E-state index is 0.0397. The van der Waals surface area contributed by atoms with Gasteiger partial charge in [-0.25, -0.2) is 4.68 Å².